The summed E-state index contributed by atoms with van der Waals surface area (Å²) in [6.07, 6.45) is -2.61. The van der Waals surface area contributed by atoms with Crippen LogP contribution in [0, 0.1) is 11.6 Å². The van der Waals surface area contributed by atoms with E-state index in [1.165, 1.54) is 34.2 Å². The molecule has 0 amide bonds. The molecule has 0 fully saturated rings. The topological polar surface area (TPSA) is 237 Å². The number of hydrogen-bond donors (Lipinski definition) is 8. The van der Waals surface area contributed by atoms with E-state index in [4.69, 9.17) is 27.7 Å². The van der Waals surface area contributed by atoms with E-state index in [0.29, 0.717) is 22.8 Å². The third-order valence-electron chi connectivity index (χ3n) is 10.7. The van der Waals surface area contributed by atoms with E-state index >= 15 is 0 Å². The number of methoxy groups -OCH3 is 1. The number of anilines is 4. The Hall–Kier alpha value is -8.78. The minimum atomic E-state index is -4.69. The minimum absolute atomic E-state index is 0.00694. The van der Waals surface area contributed by atoms with E-state index in [1.54, 1.807) is 31.0 Å². The first kappa shape index (κ1) is 46.7. The van der Waals surface area contributed by atoms with Crippen LogP contribution in [0.5, 0.6) is 11.5 Å². The number of benzene rings is 7. The summed E-state index contributed by atoms with van der Waals surface area (Å²) >= 11 is 1.75. The van der Waals surface area contributed by atoms with Crippen molar-refractivity contribution in [3.63, 3.8) is 0 Å². The predicted molar refractivity (Wildman–Crippen MR) is 263 cm³/mol. The Morgan fingerprint density at radius 3 is 1.23 bits per heavy atom. The molecule has 20 heteroatoms. The van der Waals surface area contributed by atoms with Crippen molar-refractivity contribution in [3.8, 4) is 44.9 Å². The van der Waals surface area contributed by atoms with Crippen molar-refractivity contribution in [3.05, 3.63) is 151 Å². The molecule has 4 aromatic heterocycles. The van der Waals surface area contributed by atoms with Crippen LogP contribution in [0.1, 0.15) is 0 Å². The Morgan fingerprint density at radius 2 is 0.826 bits per heavy atom. The first-order valence-corrected chi connectivity index (χ1v) is 21.8. The van der Waals surface area contributed by atoms with Crippen LogP contribution in [-0.4, -0.2) is 60.5 Å². The average Bonchev–Trinajstić information content (AvgIpc) is 4.15. The fourth-order valence-corrected chi connectivity index (χ4v) is 7.54. The second kappa shape index (κ2) is 20.0. The number of nitrogens with zero attached hydrogens (tertiary/aromatic N) is 4. The van der Waals surface area contributed by atoms with Crippen LogP contribution in [0.15, 0.2) is 144 Å². The van der Waals surface area contributed by atoms with Crippen LogP contribution in [0.3, 0.4) is 0 Å². The molecular weight excluding hydrogens is 916 g/mol. The highest BCUT2D eigenvalue weighted by Gasteiger charge is 2.31. The molecule has 14 nitrogen and oxygen atoms in total. The zero-order chi connectivity index (χ0) is 48.8. The fourth-order valence-electron chi connectivity index (χ4n) is 7.13. The van der Waals surface area contributed by atoms with Gasteiger partial charge < -0.3 is 32.4 Å². The van der Waals surface area contributed by atoms with Crippen LogP contribution in [0.25, 0.3) is 77.0 Å². The van der Waals surface area contributed by atoms with E-state index in [1.807, 2.05) is 66.7 Å². The van der Waals surface area contributed by atoms with Crippen molar-refractivity contribution in [2.24, 2.45) is 0 Å². The van der Waals surface area contributed by atoms with Crippen molar-refractivity contribution in [2.75, 3.05) is 36.3 Å². The molecule has 0 saturated carbocycles. The molecule has 0 bridgehead atoms. The molecule has 0 aliphatic carbocycles. The van der Waals surface area contributed by atoms with Crippen LogP contribution < -0.4 is 32.4 Å². The van der Waals surface area contributed by atoms with Crippen molar-refractivity contribution in [2.45, 2.75) is 11.3 Å². The van der Waals surface area contributed by atoms with Crippen molar-refractivity contribution < 1.29 is 31.4 Å². The Balaban J connectivity index is 0.000000126. The molecule has 4 heterocycles. The highest BCUT2D eigenvalue weighted by molar-refractivity contribution is 7.98. The molecule has 0 radical (unpaired) electrons. The van der Waals surface area contributed by atoms with Gasteiger partial charge >= 0.3 is 6.36 Å². The largest absolute Gasteiger partial charge is 0.573 e. The molecule has 0 atom stereocenters. The summed E-state index contributed by atoms with van der Waals surface area (Å²) < 4.78 is 70.8. The van der Waals surface area contributed by atoms with Gasteiger partial charge in [0.15, 0.2) is 34.9 Å². The number of alkyl halides is 3. The highest BCUT2D eigenvalue weighted by Crippen LogP contribution is 2.31. The first-order chi connectivity index (χ1) is 33.2. The Bertz CT molecular complexity index is 3390. The number of thioether (sulfide) groups is 1. The van der Waals surface area contributed by atoms with E-state index in [9.17, 15) is 22.0 Å². The van der Waals surface area contributed by atoms with E-state index in [-0.39, 0.29) is 17.1 Å². The van der Waals surface area contributed by atoms with Crippen LogP contribution in [-0.2, 0) is 0 Å². The molecule has 7 aromatic carbocycles. The van der Waals surface area contributed by atoms with E-state index in [0.717, 1.165) is 66.8 Å². The lowest BCUT2D eigenvalue weighted by Crippen LogP contribution is -2.16. The van der Waals surface area contributed by atoms with Crippen molar-refractivity contribution in [1.29, 1.82) is 0 Å². The Morgan fingerprint density at radius 1 is 0.464 bits per heavy atom. The minimum Gasteiger partial charge on any atom is -0.497 e. The molecule has 0 unspecified atom stereocenters. The van der Waals surface area contributed by atoms with Crippen molar-refractivity contribution in [1.82, 2.24) is 40.8 Å². The lowest BCUT2D eigenvalue weighted by Gasteiger charge is -2.09. The number of hydrogen-bond acceptors (Lipinski definition) is 11. The number of H-pyrrole nitrogens is 4. The summed E-state index contributed by atoms with van der Waals surface area (Å²) in [5, 5.41) is 29.5. The van der Waals surface area contributed by atoms with Gasteiger partial charge in [0, 0.05) is 26.4 Å². The summed E-state index contributed by atoms with van der Waals surface area (Å²) in [4.78, 5) is 1.27. The van der Waals surface area contributed by atoms with Gasteiger partial charge in [0.1, 0.15) is 17.0 Å². The van der Waals surface area contributed by atoms with E-state index < -0.39 is 18.0 Å². The van der Waals surface area contributed by atoms with Crippen LogP contribution in [0.2, 0.25) is 0 Å². The normalized spacial score (nSPS) is 11.1. The molecule has 0 spiro atoms. The van der Waals surface area contributed by atoms with Crippen LogP contribution >= 0.6 is 11.8 Å². The number of halogens is 5. The molecule has 0 aliphatic rings. The predicted octanol–water partition coefficient (Wildman–Crippen LogP) is 11.5. The third kappa shape index (κ3) is 10.8. The zero-order valence-corrected chi connectivity index (χ0v) is 37.3. The van der Waals surface area contributed by atoms with Gasteiger partial charge in [0.25, 0.3) is 0 Å². The lowest BCUT2D eigenvalue weighted by molar-refractivity contribution is -0.274. The third-order valence-corrected chi connectivity index (χ3v) is 11.4. The lowest BCUT2D eigenvalue weighted by atomic mass is 10.0. The zero-order valence-electron chi connectivity index (χ0n) is 36.5. The maximum atomic E-state index is 12.9. The fraction of sp³-hybridized carbons (Fsp3) is 0.0612. The number of aromatic amines is 4. The Labute approximate surface area is 393 Å². The van der Waals surface area contributed by atoms with Gasteiger partial charge in [-0.3, -0.25) is 20.4 Å². The van der Waals surface area contributed by atoms with Gasteiger partial charge in [-0.2, -0.15) is 20.4 Å². The molecule has 12 N–H and O–H groups in total. The summed E-state index contributed by atoms with van der Waals surface area (Å²) in [5.74, 6) is 0.404. The van der Waals surface area contributed by atoms with E-state index in [2.05, 4.69) is 88.2 Å². The molecular formula is C49H41F5N12O2S. The number of aromatic nitrogens is 8. The molecule has 11 rings (SSSR count). The highest BCUT2D eigenvalue weighted by atomic mass is 32.2. The van der Waals surface area contributed by atoms with Crippen molar-refractivity contribution >= 4 is 78.6 Å². The molecule has 0 saturated heterocycles. The second-order valence-electron chi connectivity index (χ2n) is 15.0. The summed E-state index contributed by atoms with van der Waals surface area (Å²) in [7, 11) is 1.66. The Kier molecular flexibility index (Phi) is 13.5. The maximum Gasteiger partial charge on any atom is 0.573 e. The molecule has 0 aliphatic heterocycles. The summed E-state index contributed by atoms with van der Waals surface area (Å²) in [6.45, 7) is 0. The van der Waals surface area contributed by atoms with Crippen LogP contribution in [0.4, 0.5) is 45.2 Å². The quantitative estimate of drug-likeness (QED) is 0.0576. The number of nitrogen functional groups attached to an aromatic ring is 4. The number of fused-ring (bicyclic) bond motifs is 4. The summed E-state index contributed by atoms with van der Waals surface area (Å²) in [6, 6.07) is 42.2. The SMILES string of the molecule is COc1ccc(-c2ccc3c(N)n[nH]c3c2)cc1.CSc1ccc(-c2ccc3c(N)n[nH]c3c2)cc1.Nc1n[nH]c2c(F)c(F)ccc12.Nc1n[nH]c2cc(-c3ccc(OC(F)(F)F)cc3)ccc12. The molecule has 69 heavy (non-hydrogen) atoms. The maximum absolute atomic E-state index is 12.9. The average molecular weight is 957 g/mol. The van der Waals surface area contributed by atoms with Gasteiger partial charge in [-0.05, 0) is 125 Å². The first-order valence-electron chi connectivity index (χ1n) is 20.6. The number of rotatable bonds is 6. The standard InChI is InChI=1S/C14H10F3N3O.C14H13N3O.C14H13N3S.C7H5F2N3/c15-14(16,17)21-10-4-1-8(2-5-10)9-3-6-11-12(7-9)19-20-13(11)18;2*1-18-11-5-2-9(3-6-11)10-4-7-12-13(8-10)16-17-14(12)15;8-4-2-1-3-6(5(4)9)11-12-7(3)10/h1-7H,(H3,18,19,20);2*2-8H,1H3,(H3,15,16,17);1-2H,(H3,10,11,12). The molecule has 350 valence electrons. The van der Waals surface area contributed by atoms with Gasteiger partial charge in [0.05, 0.1) is 23.7 Å². The number of ether oxygens (including phenoxy) is 2. The van der Waals surface area contributed by atoms with Gasteiger partial charge in [-0.1, -0.05) is 54.6 Å². The van der Waals surface area contributed by atoms with Gasteiger partial charge in [-0.25, -0.2) is 8.78 Å². The second-order valence-corrected chi connectivity index (χ2v) is 15.9. The number of nitrogens with one attached hydrogen (secondary N) is 4. The monoisotopic (exact) mass is 956 g/mol. The van der Waals surface area contributed by atoms with Gasteiger partial charge in [0.2, 0.25) is 0 Å². The smallest absolute Gasteiger partial charge is 0.497 e. The molecule has 11 aromatic rings. The summed E-state index contributed by atoms with van der Waals surface area (Å²) in [5.41, 5.74) is 31.4. The van der Waals surface area contributed by atoms with Gasteiger partial charge in [-0.15, -0.1) is 24.9 Å². The number of nitrogens with two attached hydrogens (primary N) is 4.